The molecule has 0 saturated carbocycles. The Hall–Kier alpha value is -1.49. The van der Waals surface area contributed by atoms with Gasteiger partial charge in [-0.15, -0.1) is 0 Å². The summed E-state index contributed by atoms with van der Waals surface area (Å²) < 4.78 is 11.4. The fourth-order valence-corrected chi connectivity index (χ4v) is 5.21. The lowest BCUT2D eigenvalue weighted by atomic mass is 9.70. The third-order valence-electron chi connectivity index (χ3n) is 4.94. The molecule has 1 unspecified atom stereocenters. The molecule has 1 atom stereocenters. The summed E-state index contributed by atoms with van der Waals surface area (Å²) >= 11 is 0. The van der Waals surface area contributed by atoms with Crippen molar-refractivity contribution in [3.8, 4) is 0 Å². The van der Waals surface area contributed by atoms with Crippen molar-refractivity contribution in [3.63, 3.8) is 0 Å². The number of ether oxygens (including phenoxy) is 1. The standard InChI is InChI=1S/C18H25N2O4P/c1-16(2)11-18(12-17(3,4)20(16)24-25)10-14(21)19(15(22)23-18)13-8-6-5-7-9-13/h5-9H,10-12,25H2,1-4H3. The van der Waals surface area contributed by atoms with Gasteiger partial charge in [-0.1, -0.05) is 18.2 Å². The van der Waals surface area contributed by atoms with Crippen molar-refractivity contribution in [2.45, 2.75) is 63.6 Å². The molecule has 6 nitrogen and oxygen atoms in total. The number of carbonyl (C=O) groups excluding carboxylic acids is 2. The number of anilines is 1. The summed E-state index contributed by atoms with van der Waals surface area (Å²) in [6, 6.07) is 8.89. The van der Waals surface area contributed by atoms with Crippen LogP contribution in [-0.2, 0) is 14.2 Å². The molecule has 2 fully saturated rings. The molecule has 2 aliphatic rings. The van der Waals surface area contributed by atoms with E-state index >= 15 is 0 Å². The first-order chi connectivity index (χ1) is 11.6. The van der Waals surface area contributed by atoms with Crippen LogP contribution in [0.5, 0.6) is 0 Å². The van der Waals surface area contributed by atoms with Gasteiger partial charge in [0.15, 0.2) is 0 Å². The predicted molar refractivity (Wildman–Crippen MR) is 97.8 cm³/mol. The number of piperidine rings is 1. The van der Waals surface area contributed by atoms with Crippen molar-refractivity contribution in [1.29, 1.82) is 0 Å². The molecule has 0 bridgehead atoms. The van der Waals surface area contributed by atoms with Crippen LogP contribution in [0, 0.1) is 0 Å². The molecule has 7 heteroatoms. The van der Waals surface area contributed by atoms with Crippen LogP contribution in [0.15, 0.2) is 30.3 Å². The number of rotatable bonds is 2. The number of amides is 2. The summed E-state index contributed by atoms with van der Waals surface area (Å²) in [6.45, 7) is 8.12. The van der Waals surface area contributed by atoms with Crippen LogP contribution in [0.4, 0.5) is 10.5 Å². The van der Waals surface area contributed by atoms with Crippen LogP contribution < -0.4 is 4.90 Å². The Morgan fingerprint density at radius 1 is 1.04 bits per heavy atom. The summed E-state index contributed by atoms with van der Waals surface area (Å²) in [5, 5.41) is 1.90. The van der Waals surface area contributed by atoms with Crippen molar-refractivity contribution >= 4 is 27.2 Å². The highest BCUT2D eigenvalue weighted by Crippen LogP contribution is 2.49. The van der Waals surface area contributed by atoms with Crippen LogP contribution in [0.2, 0.25) is 0 Å². The van der Waals surface area contributed by atoms with Gasteiger partial charge in [-0.3, -0.25) is 9.42 Å². The Kier molecular flexibility index (Phi) is 4.43. The van der Waals surface area contributed by atoms with Crippen molar-refractivity contribution in [2.24, 2.45) is 0 Å². The van der Waals surface area contributed by atoms with Gasteiger partial charge >= 0.3 is 6.09 Å². The predicted octanol–water partition coefficient (Wildman–Crippen LogP) is 3.67. The van der Waals surface area contributed by atoms with Crippen LogP contribution in [-0.4, -0.2) is 33.7 Å². The van der Waals surface area contributed by atoms with E-state index in [0.717, 1.165) is 4.90 Å². The molecule has 2 heterocycles. The number of imide groups is 1. The molecule has 0 N–H and O–H groups in total. The second-order valence-corrected chi connectivity index (χ2v) is 8.38. The van der Waals surface area contributed by atoms with E-state index < -0.39 is 11.7 Å². The molecule has 2 amide bonds. The molecule has 0 aromatic heterocycles. The lowest BCUT2D eigenvalue weighted by Crippen LogP contribution is -2.68. The van der Waals surface area contributed by atoms with Gasteiger partial charge in [0.25, 0.3) is 0 Å². The van der Waals surface area contributed by atoms with E-state index in [0.29, 0.717) is 18.5 Å². The number of nitrogens with zero attached hydrogens (tertiary/aromatic N) is 2. The minimum Gasteiger partial charge on any atom is -0.442 e. The van der Waals surface area contributed by atoms with E-state index in [1.54, 1.807) is 24.3 Å². The molecule has 2 saturated heterocycles. The zero-order valence-corrected chi connectivity index (χ0v) is 16.3. The number of benzene rings is 1. The van der Waals surface area contributed by atoms with Crippen molar-refractivity contribution < 1.29 is 19.0 Å². The molecule has 2 aliphatic heterocycles. The summed E-state index contributed by atoms with van der Waals surface area (Å²) in [7, 11) is 2.29. The van der Waals surface area contributed by atoms with E-state index in [4.69, 9.17) is 9.36 Å². The van der Waals surface area contributed by atoms with Crippen LogP contribution >= 0.6 is 9.47 Å². The van der Waals surface area contributed by atoms with Crippen LogP contribution in [0.3, 0.4) is 0 Å². The lowest BCUT2D eigenvalue weighted by Gasteiger charge is -2.58. The van der Waals surface area contributed by atoms with E-state index in [1.807, 2.05) is 38.8 Å². The molecule has 0 aliphatic carbocycles. The number of hydrogen-bond donors (Lipinski definition) is 0. The Morgan fingerprint density at radius 3 is 2.08 bits per heavy atom. The Labute approximate surface area is 150 Å². The zero-order chi connectivity index (χ0) is 18.5. The fourth-order valence-electron chi connectivity index (χ4n) is 4.63. The first kappa shape index (κ1) is 18.3. The highest BCUT2D eigenvalue weighted by atomic mass is 31.0. The summed E-state index contributed by atoms with van der Waals surface area (Å²) in [5.74, 6) is -0.228. The monoisotopic (exact) mass is 364 g/mol. The second kappa shape index (κ2) is 6.04. The number of hydroxylamine groups is 2. The third kappa shape index (κ3) is 3.19. The van der Waals surface area contributed by atoms with E-state index in [2.05, 4.69) is 9.47 Å². The van der Waals surface area contributed by atoms with Crippen LogP contribution in [0.1, 0.15) is 47.0 Å². The number of hydrogen-bond acceptors (Lipinski definition) is 5. The van der Waals surface area contributed by atoms with Gasteiger partial charge in [0, 0.05) is 33.4 Å². The van der Waals surface area contributed by atoms with Gasteiger partial charge in [0.2, 0.25) is 5.91 Å². The minimum absolute atomic E-state index is 0.172. The normalized spacial score (nSPS) is 25.1. The Balaban J connectivity index is 1.91. The average molecular weight is 364 g/mol. The molecule has 0 radical (unpaired) electrons. The van der Waals surface area contributed by atoms with Gasteiger partial charge in [-0.25, -0.2) is 9.69 Å². The molecule has 136 valence electrons. The Bertz CT molecular complexity index is 652. The van der Waals surface area contributed by atoms with Crippen LogP contribution in [0.25, 0.3) is 0 Å². The average Bonchev–Trinajstić information content (AvgIpc) is 2.44. The SMILES string of the molecule is CC1(C)CC2(CC(=O)N(c3ccccc3)C(=O)O2)CC(C)(C)N1OP. The van der Waals surface area contributed by atoms with Crippen molar-refractivity contribution in [3.05, 3.63) is 30.3 Å². The number of carbonyl (C=O) groups is 2. The first-order valence-corrected chi connectivity index (χ1v) is 8.86. The maximum Gasteiger partial charge on any atom is 0.421 e. The smallest absolute Gasteiger partial charge is 0.421 e. The van der Waals surface area contributed by atoms with Gasteiger partial charge in [-0.2, -0.15) is 5.06 Å². The maximum absolute atomic E-state index is 12.8. The van der Waals surface area contributed by atoms with Gasteiger partial charge in [-0.05, 0) is 39.8 Å². The molecule has 1 aromatic carbocycles. The summed E-state index contributed by atoms with van der Waals surface area (Å²) in [4.78, 5) is 26.6. The largest absolute Gasteiger partial charge is 0.442 e. The summed E-state index contributed by atoms with van der Waals surface area (Å²) in [6.07, 6.45) is 0.621. The van der Waals surface area contributed by atoms with Crippen molar-refractivity contribution in [1.82, 2.24) is 5.06 Å². The molecule has 3 rings (SSSR count). The van der Waals surface area contributed by atoms with Gasteiger partial charge in [0.05, 0.1) is 12.1 Å². The summed E-state index contributed by atoms with van der Waals surface area (Å²) in [5.41, 5.74) is -1.05. The molecule has 25 heavy (non-hydrogen) atoms. The van der Waals surface area contributed by atoms with E-state index in [-0.39, 0.29) is 23.4 Å². The zero-order valence-electron chi connectivity index (χ0n) is 15.1. The number of para-hydroxylation sites is 1. The first-order valence-electron chi connectivity index (χ1n) is 8.38. The fraction of sp³-hybridized carbons (Fsp3) is 0.556. The van der Waals surface area contributed by atoms with Gasteiger partial charge < -0.3 is 4.74 Å². The highest BCUT2D eigenvalue weighted by molar-refractivity contribution is 7.09. The van der Waals surface area contributed by atoms with Gasteiger partial charge in [0.1, 0.15) is 5.60 Å². The topological polar surface area (TPSA) is 59.1 Å². The van der Waals surface area contributed by atoms with E-state index in [9.17, 15) is 9.59 Å². The van der Waals surface area contributed by atoms with E-state index in [1.165, 1.54) is 0 Å². The molecular weight excluding hydrogens is 339 g/mol. The third-order valence-corrected chi connectivity index (χ3v) is 5.15. The quantitative estimate of drug-likeness (QED) is 0.750. The van der Waals surface area contributed by atoms with Crippen molar-refractivity contribution in [2.75, 3.05) is 4.90 Å². The second-order valence-electron chi connectivity index (χ2n) is 8.17. The molecular formula is C18H25N2O4P. The maximum atomic E-state index is 12.8. The lowest BCUT2D eigenvalue weighted by molar-refractivity contribution is -0.248. The minimum atomic E-state index is -0.813. The highest BCUT2D eigenvalue weighted by Gasteiger charge is 2.58. The molecule has 1 spiro atoms. The molecule has 1 aromatic rings. The Morgan fingerprint density at radius 2 is 1.60 bits per heavy atom.